The van der Waals surface area contributed by atoms with Gasteiger partial charge < -0.3 is 10.1 Å². The van der Waals surface area contributed by atoms with Crippen LogP contribution in [0.5, 0.6) is 0 Å². The Kier molecular flexibility index (Phi) is 6.67. The molecule has 1 fully saturated rings. The molecule has 2 aliphatic rings. The van der Waals surface area contributed by atoms with Gasteiger partial charge in [0, 0.05) is 24.4 Å². The van der Waals surface area contributed by atoms with E-state index in [9.17, 15) is 14.0 Å². The van der Waals surface area contributed by atoms with Gasteiger partial charge in [0.15, 0.2) is 0 Å². The molecule has 1 atom stereocenters. The van der Waals surface area contributed by atoms with Crippen molar-refractivity contribution in [1.82, 2.24) is 15.1 Å². The summed E-state index contributed by atoms with van der Waals surface area (Å²) in [6, 6.07) is 5.03. The number of rotatable bonds is 6. The topological polar surface area (TPSA) is 61.9 Å². The Hall–Kier alpha value is -2.41. The molecular formula is C21H28FN3O3. The van der Waals surface area contributed by atoms with Gasteiger partial charge in [0.05, 0.1) is 18.2 Å². The van der Waals surface area contributed by atoms with Crippen molar-refractivity contribution in [2.75, 3.05) is 32.8 Å². The van der Waals surface area contributed by atoms with Crippen molar-refractivity contribution in [3.05, 3.63) is 46.9 Å². The monoisotopic (exact) mass is 389 g/mol. The molecule has 2 amide bonds. The Labute approximate surface area is 165 Å². The van der Waals surface area contributed by atoms with E-state index in [1.54, 1.807) is 30.0 Å². The van der Waals surface area contributed by atoms with Gasteiger partial charge in [-0.2, -0.15) is 0 Å². The van der Waals surface area contributed by atoms with Crippen molar-refractivity contribution in [3.8, 4) is 0 Å². The second kappa shape index (κ2) is 9.19. The van der Waals surface area contributed by atoms with Crippen LogP contribution in [0.15, 0.2) is 35.5 Å². The number of nitrogens with one attached hydrogen (secondary N) is 1. The van der Waals surface area contributed by atoms with E-state index in [4.69, 9.17) is 4.74 Å². The minimum Gasteiger partial charge on any atom is -0.463 e. The number of piperidine rings is 1. The normalized spacial score (nSPS) is 20.9. The van der Waals surface area contributed by atoms with Gasteiger partial charge in [0.1, 0.15) is 5.82 Å². The summed E-state index contributed by atoms with van der Waals surface area (Å²) in [5.74, 6) is -0.974. The van der Waals surface area contributed by atoms with Crippen LogP contribution in [-0.2, 0) is 9.53 Å². The van der Waals surface area contributed by atoms with Gasteiger partial charge in [0.2, 0.25) is 0 Å². The summed E-state index contributed by atoms with van der Waals surface area (Å²) in [4.78, 5) is 29.5. The van der Waals surface area contributed by atoms with E-state index in [1.807, 2.05) is 6.92 Å². The first-order valence-corrected chi connectivity index (χ1v) is 10.0. The Morgan fingerprint density at radius 1 is 1.21 bits per heavy atom. The zero-order chi connectivity index (χ0) is 20.1. The average molecular weight is 389 g/mol. The van der Waals surface area contributed by atoms with Crippen LogP contribution in [0.3, 0.4) is 0 Å². The number of amides is 2. The number of hydrogen-bond acceptors (Lipinski definition) is 4. The highest BCUT2D eigenvalue weighted by Crippen LogP contribution is 2.33. The number of urea groups is 1. The van der Waals surface area contributed by atoms with Crippen molar-refractivity contribution in [2.45, 2.75) is 39.2 Å². The van der Waals surface area contributed by atoms with Crippen molar-refractivity contribution in [3.63, 3.8) is 0 Å². The Morgan fingerprint density at radius 2 is 1.93 bits per heavy atom. The lowest BCUT2D eigenvalue weighted by Crippen LogP contribution is -2.51. The number of halogens is 1. The SMILES string of the molecule is CCOC(=O)C1=C(CN2CCCCC2)N(CC)C(=O)NC1c1ccccc1F. The van der Waals surface area contributed by atoms with Crippen molar-refractivity contribution >= 4 is 12.0 Å². The van der Waals surface area contributed by atoms with E-state index in [0.29, 0.717) is 24.4 Å². The summed E-state index contributed by atoms with van der Waals surface area (Å²) >= 11 is 0. The minimum atomic E-state index is -0.865. The van der Waals surface area contributed by atoms with Gasteiger partial charge in [-0.3, -0.25) is 9.80 Å². The Balaban J connectivity index is 2.09. The lowest BCUT2D eigenvalue weighted by molar-refractivity contribution is -0.139. The van der Waals surface area contributed by atoms with Gasteiger partial charge in [-0.1, -0.05) is 24.6 Å². The molecule has 28 heavy (non-hydrogen) atoms. The number of ether oxygens (including phenoxy) is 1. The van der Waals surface area contributed by atoms with E-state index >= 15 is 0 Å². The second-order valence-corrected chi connectivity index (χ2v) is 7.07. The molecule has 1 saturated heterocycles. The van der Waals surface area contributed by atoms with E-state index in [0.717, 1.165) is 25.9 Å². The number of carbonyl (C=O) groups is 2. The summed E-state index contributed by atoms with van der Waals surface area (Å²) < 4.78 is 19.8. The first kappa shape index (κ1) is 20.3. The highest BCUT2D eigenvalue weighted by molar-refractivity contribution is 5.95. The first-order valence-electron chi connectivity index (χ1n) is 10.0. The van der Waals surface area contributed by atoms with Crippen LogP contribution in [0.1, 0.15) is 44.7 Å². The molecule has 0 aromatic heterocycles. The Morgan fingerprint density at radius 3 is 2.57 bits per heavy atom. The lowest BCUT2D eigenvalue weighted by Gasteiger charge is -2.39. The molecular weight excluding hydrogens is 361 g/mol. The predicted octanol–water partition coefficient (Wildman–Crippen LogP) is 3.22. The summed E-state index contributed by atoms with van der Waals surface area (Å²) in [6.07, 6.45) is 3.38. The molecule has 7 heteroatoms. The summed E-state index contributed by atoms with van der Waals surface area (Å²) in [6.45, 7) is 6.54. The number of nitrogens with zero attached hydrogens (tertiary/aromatic N) is 2. The summed E-state index contributed by atoms with van der Waals surface area (Å²) in [7, 11) is 0. The fraction of sp³-hybridized carbons (Fsp3) is 0.524. The van der Waals surface area contributed by atoms with Crippen molar-refractivity contribution in [2.24, 2.45) is 0 Å². The first-order chi connectivity index (χ1) is 13.6. The highest BCUT2D eigenvalue weighted by atomic mass is 19.1. The number of hydrogen-bond donors (Lipinski definition) is 1. The second-order valence-electron chi connectivity index (χ2n) is 7.07. The number of benzene rings is 1. The van der Waals surface area contributed by atoms with Crippen LogP contribution in [0, 0.1) is 5.82 Å². The third-order valence-electron chi connectivity index (χ3n) is 5.29. The predicted molar refractivity (Wildman–Crippen MR) is 104 cm³/mol. The molecule has 1 unspecified atom stereocenters. The number of likely N-dealkylation sites (tertiary alicyclic amines) is 1. The molecule has 0 spiro atoms. The smallest absolute Gasteiger partial charge is 0.338 e. The maximum Gasteiger partial charge on any atom is 0.338 e. The van der Waals surface area contributed by atoms with Crippen LogP contribution in [0.4, 0.5) is 9.18 Å². The summed E-state index contributed by atoms with van der Waals surface area (Å²) in [5.41, 5.74) is 1.20. The van der Waals surface area contributed by atoms with Gasteiger partial charge in [-0.15, -0.1) is 0 Å². The van der Waals surface area contributed by atoms with Gasteiger partial charge in [-0.05, 0) is 45.8 Å². The van der Waals surface area contributed by atoms with Gasteiger partial charge >= 0.3 is 12.0 Å². The van der Waals surface area contributed by atoms with Crippen molar-refractivity contribution in [1.29, 1.82) is 0 Å². The molecule has 6 nitrogen and oxygen atoms in total. The van der Waals surface area contributed by atoms with Crippen molar-refractivity contribution < 1.29 is 18.7 Å². The van der Waals surface area contributed by atoms with Crippen LogP contribution >= 0.6 is 0 Å². The molecule has 2 aliphatic heterocycles. The molecule has 1 aromatic carbocycles. The molecule has 2 heterocycles. The molecule has 0 aliphatic carbocycles. The van der Waals surface area contributed by atoms with Gasteiger partial charge in [0.25, 0.3) is 0 Å². The highest BCUT2D eigenvalue weighted by Gasteiger charge is 2.39. The van der Waals surface area contributed by atoms with Crippen LogP contribution < -0.4 is 5.32 Å². The quantitative estimate of drug-likeness (QED) is 0.759. The number of carbonyl (C=O) groups excluding carboxylic acids is 2. The average Bonchev–Trinajstić information content (AvgIpc) is 2.69. The molecule has 0 saturated carbocycles. The lowest BCUT2D eigenvalue weighted by atomic mass is 9.93. The Bertz CT molecular complexity index is 759. The summed E-state index contributed by atoms with van der Waals surface area (Å²) in [5, 5.41) is 2.80. The van der Waals surface area contributed by atoms with Gasteiger partial charge in [-0.25, -0.2) is 14.0 Å². The van der Waals surface area contributed by atoms with Crippen LogP contribution in [0.2, 0.25) is 0 Å². The molecule has 1 N–H and O–H groups in total. The van der Waals surface area contributed by atoms with Crippen LogP contribution in [-0.4, -0.2) is 54.6 Å². The zero-order valence-corrected chi connectivity index (χ0v) is 16.5. The third-order valence-corrected chi connectivity index (χ3v) is 5.29. The van der Waals surface area contributed by atoms with Crippen LogP contribution in [0.25, 0.3) is 0 Å². The fourth-order valence-corrected chi connectivity index (χ4v) is 3.93. The minimum absolute atomic E-state index is 0.212. The molecule has 1 aromatic rings. The fourth-order valence-electron chi connectivity index (χ4n) is 3.93. The molecule has 0 radical (unpaired) electrons. The van der Waals surface area contributed by atoms with E-state index in [1.165, 1.54) is 12.5 Å². The van der Waals surface area contributed by atoms with E-state index in [-0.39, 0.29) is 18.2 Å². The maximum atomic E-state index is 14.5. The molecule has 0 bridgehead atoms. The number of esters is 1. The molecule has 3 rings (SSSR count). The molecule has 152 valence electrons. The number of likely N-dealkylation sites (N-methyl/N-ethyl adjacent to an activating group) is 1. The third kappa shape index (κ3) is 4.19. The van der Waals surface area contributed by atoms with E-state index in [2.05, 4.69) is 10.2 Å². The maximum absolute atomic E-state index is 14.5. The largest absolute Gasteiger partial charge is 0.463 e. The zero-order valence-electron chi connectivity index (χ0n) is 16.5. The standard InChI is InChI=1S/C21H28FN3O3/c1-3-25-17(14-24-12-8-5-9-13-24)18(20(26)28-4-2)19(23-21(25)27)15-10-6-7-11-16(15)22/h6-7,10-11,19H,3-5,8-9,12-14H2,1-2H3,(H,23,27). The van der Waals surface area contributed by atoms with E-state index < -0.39 is 17.8 Å².